The van der Waals surface area contributed by atoms with Crippen LogP contribution in [0.3, 0.4) is 0 Å². The predicted octanol–water partition coefficient (Wildman–Crippen LogP) is 4.84. The fourth-order valence-corrected chi connectivity index (χ4v) is 6.42. The van der Waals surface area contributed by atoms with Crippen LogP contribution in [0.15, 0.2) is 30.3 Å². The number of likely N-dealkylation sites (tertiary alicyclic amines) is 3. The molecule has 1 aromatic rings. The van der Waals surface area contributed by atoms with Crippen molar-refractivity contribution in [3.8, 4) is 0 Å². The summed E-state index contributed by atoms with van der Waals surface area (Å²) in [5, 5.41) is 3.42. The summed E-state index contributed by atoms with van der Waals surface area (Å²) in [6.45, 7) is 20.1. The lowest BCUT2D eigenvalue weighted by Crippen LogP contribution is -2.54. The lowest BCUT2D eigenvalue weighted by molar-refractivity contribution is -0.0108. The molecule has 8 nitrogen and oxygen atoms in total. The van der Waals surface area contributed by atoms with Crippen molar-refractivity contribution < 1.29 is 19.1 Å². The van der Waals surface area contributed by atoms with Gasteiger partial charge in [0.05, 0.1) is 0 Å². The molecule has 4 aliphatic heterocycles. The fraction of sp³-hybridized carbons (Fsp3) is 0.742. The molecule has 4 bridgehead atoms. The molecule has 0 aromatic heterocycles. The maximum absolute atomic E-state index is 12.3. The molecule has 5 rings (SSSR count). The van der Waals surface area contributed by atoms with E-state index < -0.39 is 5.60 Å². The Morgan fingerprint density at radius 3 is 1.62 bits per heavy atom. The Hall–Kier alpha value is -2.32. The van der Waals surface area contributed by atoms with Crippen LogP contribution in [0.5, 0.6) is 0 Å². The molecule has 1 aromatic carbocycles. The van der Waals surface area contributed by atoms with Gasteiger partial charge < -0.3 is 24.6 Å². The molecule has 4 aliphatic rings. The van der Waals surface area contributed by atoms with Crippen LogP contribution < -0.4 is 5.32 Å². The summed E-state index contributed by atoms with van der Waals surface area (Å²) in [5.74, 6) is 2.36. The minimum absolute atomic E-state index is 0.149. The van der Waals surface area contributed by atoms with E-state index in [1.165, 1.54) is 18.4 Å². The van der Waals surface area contributed by atoms with E-state index in [1.54, 1.807) is 0 Å². The quantitative estimate of drug-likeness (QED) is 0.577. The Bertz CT molecular complexity index is 932. The largest absolute Gasteiger partial charge is 0.444 e. The van der Waals surface area contributed by atoms with Crippen molar-refractivity contribution in [3.63, 3.8) is 0 Å². The SMILES string of the molecule is CC(C)(C)OC(=O)N1CC2CC(CN(Cc3ccccc3)C2)C1.CC(C)(C)OC(=O)N1CC2CNCC(C2)C1. The van der Waals surface area contributed by atoms with E-state index in [9.17, 15) is 9.59 Å². The van der Waals surface area contributed by atoms with Crippen LogP contribution in [-0.2, 0) is 16.0 Å². The highest BCUT2D eigenvalue weighted by Gasteiger charge is 2.37. The van der Waals surface area contributed by atoms with Crippen LogP contribution >= 0.6 is 0 Å². The molecule has 4 saturated heterocycles. The number of fused-ring (bicyclic) bond motifs is 4. The molecule has 39 heavy (non-hydrogen) atoms. The minimum atomic E-state index is -0.414. The van der Waals surface area contributed by atoms with Gasteiger partial charge in [0, 0.05) is 45.8 Å². The Balaban J connectivity index is 0.000000193. The smallest absolute Gasteiger partial charge is 0.410 e. The zero-order valence-corrected chi connectivity index (χ0v) is 24.9. The van der Waals surface area contributed by atoms with Crippen molar-refractivity contribution in [3.05, 3.63) is 35.9 Å². The maximum atomic E-state index is 12.3. The predicted molar refractivity (Wildman–Crippen MR) is 153 cm³/mol. The molecule has 1 N–H and O–H groups in total. The molecule has 4 heterocycles. The van der Waals surface area contributed by atoms with Crippen LogP contribution in [0, 0.1) is 23.7 Å². The van der Waals surface area contributed by atoms with Gasteiger partial charge in [-0.1, -0.05) is 30.3 Å². The molecule has 8 heteroatoms. The minimum Gasteiger partial charge on any atom is -0.444 e. The third kappa shape index (κ3) is 9.38. The average Bonchev–Trinajstić information content (AvgIpc) is 2.82. The molecule has 0 radical (unpaired) electrons. The number of hydrogen-bond acceptors (Lipinski definition) is 6. The van der Waals surface area contributed by atoms with Crippen molar-refractivity contribution in [1.82, 2.24) is 20.0 Å². The van der Waals surface area contributed by atoms with Gasteiger partial charge in [-0.05, 0) is 96.7 Å². The van der Waals surface area contributed by atoms with Gasteiger partial charge >= 0.3 is 12.2 Å². The van der Waals surface area contributed by atoms with E-state index in [4.69, 9.17) is 9.47 Å². The van der Waals surface area contributed by atoms with Crippen molar-refractivity contribution >= 4 is 12.2 Å². The number of amides is 2. The number of piperidine rings is 4. The molecule has 0 saturated carbocycles. The van der Waals surface area contributed by atoms with Crippen molar-refractivity contribution in [2.75, 3.05) is 52.4 Å². The van der Waals surface area contributed by atoms with Gasteiger partial charge in [-0.3, -0.25) is 4.90 Å². The highest BCUT2D eigenvalue weighted by atomic mass is 16.6. The summed E-state index contributed by atoms with van der Waals surface area (Å²) in [6.07, 6.45) is 2.20. The topological polar surface area (TPSA) is 74.4 Å². The Labute approximate surface area is 235 Å². The average molecular weight is 543 g/mol. The zero-order chi connectivity index (χ0) is 28.2. The first-order chi connectivity index (χ1) is 18.3. The summed E-state index contributed by atoms with van der Waals surface area (Å²) in [7, 11) is 0. The summed E-state index contributed by atoms with van der Waals surface area (Å²) < 4.78 is 10.9. The molecule has 4 fully saturated rings. The van der Waals surface area contributed by atoms with Gasteiger partial charge in [0.15, 0.2) is 0 Å². The van der Waals surface area contributed by atoms with Crippen molar-refractivity contribution in [2.45, 2.75) is 72.1 Å². The molecular formula is C31H50N4O4. The monoisotopic (exact) mass is 542 g/mol. The van der Waals surface area contributed by atoms with E-state index >= 15 is 0 Å². The second-order valence-electron chi connectivity index (χ2n) is 14.0. The summed E-state index contributed by atoms with van der Waals surface area (Å²) in [4.78, 5) is 30.6. The fourth-order valence-electron chi connectivity index (χ4n) is 6.42. The number of hydrogen-bond donors (Lipinski definition) is 1. The summed E-state index contributed by atoms with van der Waals surface area (Å²) >= 11 is 0. The lowest BCUT2D eigenvalue weighted by atomic mass is 9.84. The molecule has 0 aliphatic carbocycles. The number of benzene rings is 1. The summed E-state index contributed by atoms with van der Waals surface area (Å²) in [6, 6.07) is 10.6. The van der Waals surface area contributed by atoms with Crippen LogP contribution in [0.4, 0.5) is 9.59 Å². The van der Waals surface area contributed by atoms with E-state index in [2.05, 4.69) is 40.5 Å². The third-order valence-corrected chi connectivity index (χ3v) is 7.70. The second-order valence-corrected chi connectivity index (χ2v) is 14.0. The first-order valence-corrected chi connectivity index (χ1v) is 14.8. The van der Waals surface area contributed by atoms with Gasteiger partial charge in [0.1, 0.15) is 11.2 Å². The van der Waals surface area contributed by atoms with Gasteiger partial charge in [0.25, 0.3) is 0 Å². The first-order valence-electron chi connectivity index (χ1n) is 14.8. The standard InChI is InChI=1S/C19H28N2O2.C12H22N2O2/c1-19(2,3)23-18(22)21-13-16-9-17(14-21)12-20(11-16)10-15-7-5-4-6-8-15;1-12(2,3)16-11(15)14-7-9-4-10(8-14)6-13-5-9/h4-8,16-17H,9-14H2,1-3H3;9-10,13H,4-8H2,1-3H3. The normalized spacial score (nSPS) is 27.2. The van der Waals surface area contributed by atoms with Crippen LogP contribution in [0.25, 0.3) is 0 Å². The molecule has 4 atom stereocenters. The molecule has 2 amide bonds. The number of nitrogens with zero attached hydrogens (tertiary/aromatic N) is 3. The number of rotatable bonds is 2. The molecule has 218 valence electrons. The van der Waals surface area contributed by atoms with E-state index in [0.29, 0.717) is 23.7 Å². The lowest BCUT2D eigenvalue weighted by Gasteiger charge is -2.45. The summed E-state index contributed by atoms with van der Waals surface area (Å²) in [5.41, 5.74) is 0.571. The van der Waals surface area contributed by atoms with Gasteiger partial charge in [-0.2, -0.15) is 0 Å². The second kappa shape index (κ2) is 12.5. The molecular weight excluding hydrogens is 492 g/mol. The van der Waals surface area contributed by atoms with Gasteiger partial charge in [-0.15, -0.1) is 0 Å². The first kappa shape index (κ1) is 29.7. The van der Waals surface area contributed by atoms with Crippen LogP contribution in [0.1, 0.15) is 59.9 Å². The number of nitrogens with one attached hydrogen (secondary N) is 1. The molecule has 0 spiro atoms. The Morgan fingerprint density at radius 2 is 1.15 bits per heavy atom. The zero-order valence-electron chi connectivity index (χ0n) is 24.9. The van der Waals surface area contributed by atoms with Crippen molar-refractivity contribution in [1.29, 1.82) is 0 Å². The van der Waals surface area contributed by atoms with Crippen LogP contribution in [-0.4, -0.2) is 90.4 Å². The number of ether oxygens (including phenoxy) is 2. The molecule has 4 unspecified atom stereocenters. The Morgan fingerprint density at radius 1 is 0.718 bits per heavy atom. The number of carbonyl (C=O) groups excluding carboxylic acids is 2. The van der Waals surface area contributed by atoms with Crippen LogP contribution in [0.2, 0.25) is 0 Å². The van der Waals surface area contributed by atoms with Gasteiger partial charge in [-0.25, -0.2) is 9.59 Å². The highest BCUT2D eigenvalue weighted by molar-refractivity contribution is 5.68. The van der Waals surface area contributed by atoms with E-state index in [-0.39, 0.29) is 17.8 Å². The van der Waals surface area contributed by atoms with Gasteiger partial charge in [0.2, 0.25) is 0 Å². The maximum Gasteiger partial charge on any atom is 0.410 e. The highest BCUT2D eigenvalue weighted by Crippen LogP contribution is 2.30. The third-order valence-electron chi connectivity index (χ3n) is 7.70. The Kier molecular flexibility index (Phi) is 9.48. The number of carbonyl (C=O) groups is 2. The van der Waals surface area contributed by atoms with Crippen molar-refractivity contribution in [2.24, 2.45) is 23.7 Å². The van der Waals surface area contributed by atoms with E-state index in [0.717, 1.165) is 58.9 Å². The van der Waals surface area contributed by atoms with E-state index in [1.807, 2.05) is 51.3 Å².